The fourth-order valence-corrected chi connectivity index (χ4v) is 3.52. The summed E-state index contributed by atoms with van der Waals surface area (Å²) in [4.78, 5) is 26.8. The molecule has 0 saturated carbocycles. The Hall–Kier alpha value is -3.02. The second kappa shape index (κ2) is 9.96. The molecule has 0 aromatic heterocycles. The predicted molar refractivity (Wildman–Crippen MR) is 111 cm³/mol. The van der Waals surface area contributed by atoms with Crippen molar-refractivity contribution >= 4 is 11.8 Å². The van der Waals surface area contributed by atoms with Crippen LogP contribution in [0.5, 0.6) is 11.5 Å². The van der Waals surface area contributed by atoms with E-state index in [1.54, 1.807) is 24.1 Å². The van der Waals surface area contributed by atoms with E-state index >= 15 is 0 Å². The van der Waals surface area contributed by atoms with E-state index in [-0.39, 0.29) is 30.4 Å². The van der Waals surface area contributed by atoms with Crippen molar-refractivity contribution in [1.82, 2.24) is 10.2 Å². The van der Waals surface area contributed by atoms with Crippen LogP contribution in [0.1, 0.15) is 31.4 Å². The number of nitrogens with zero attached hydrogens (tertiary/aromatic N) is 1. The minimum Gasteiger partial charge on any atom is -0.493 e. The molecule has 2 aromatic carbocycles. The largest absolute Gasteiger partial charge is 0.493 e. The van der Waals surface area contributed by atoms with Gasteiger partial charge in [0, 0.05) is 19.0 Å². The molecule has 1 aliphatic heterocycles. The molecule has 0 radical (unpaired) electrons. The third kappa shape index (κ3) is 5.50. The predicted octanol–water partition coefficient (Wildman–Crippen LogP) is 3.19. The molecule has 0 spiro atoms. The molecule has 1 aliphatic rings. The van der Waals surface area contributed by atoms with Crippen LogP contribution in [0.4, 0.5) is 0 Å². The maximum absolute atomic E-state index is 12.6. The summed E-state index contributed by atoms with van der Waals surface area (Å²) in [5.41, 5.74) is 1.09. The number of para-hydroxylation sites is 2. The zero-order valence-electron chi connectivity index (χ0n) is 17.0. The average Bonchev–Trinajstić information content (AvgIpc) is 2.78. The Bertz CT molecular complexity index is 817. The zero-order chi connectivity index (χ0) is 20.6. The van der Waals surface area contributed by atoms with E-state index in [1.165, 1.54) is 0 Å². The van der Waals surface area contributed by atoms with Crippen LogP contribution < -0.4 is 14.8 Å². The number of amides is 2. The van der Waals surface area contributed by atoms with Gasteiger partial charge in [0.05, 0.1) is 13.2 Å². The van der Waals surface area contributed by atoms with Crippen LogP contribution >= 0.6 is 0 Å². The molecule has 6 nitrogen and oxygen atoms in total. The van der Waals surface area contributed by atoms with Gasteiger partial charge in [-0.1, -0.05) is 42.5 Å². The molecule has 1 saturated heterocycles. The van der Waals surface area contributed by atoms with Crippen LogP contribution in [0.15, 0.2) is 54.6 Å². The Morgan fingerprint density at radius 3 is 2.31 bits per heavy atom. The number of ether oxygens (including phenoxy) is 2. The van der Waals surface area contributed by atoms with Gasteiger partial charge in [0.15, 0.2) is 18.1 Å². The highest BCUT2D eigenvalue weighted by atomic mass is 16.5. The Labute approximate surface area is 171 Å². The molecule has 3 rings (SSSR count). The van der Waals surface area contributed by atoms with Crippen LogP contribution in [-0.2, 0) is 9.59 Å². The normalized spacial score (nSPS) is 15.4. The second-order valence-corrected chi connectivity index (χ2v) is 7.24. The first-order chi connectivity index (χ1) is 14.1. The second-order valence-electron chi connectivity index (χ2n) is 7.24. The van der Waals surface area contributed by atoms with Crippen molar-refractivity contribution in [3.05, 3.63) is 60.2 Å². The quantitative estimate of drug-likeness (QED) is 0.781. The van der Waals surface area contributed by atoms with E-state index < -0.39 is 0 Å². The Balaban J connectivity index is 1.44. The lowest BCUT2D eigenvalue weighted by Crippen LogP contribution is -2.44. The standard InChI is InChI=1S/C23H28N2O4/c1-17(18-8-4-3-5-9-18)24-23(27)19-12-14-25(15-13-19)22(26)16-29-21-11-7-6-10-20(21)28-2/h3-11,17,19H,12-16H2,1-2H3,(H,24,27). The fraction of sp³-hybridized carbons (Fsp3) is 0.391. The summed E-state index contributed by atoms with van der Waals surface area (Å²) in [5.74, 6) is 1.06. The number of hydrogen-bond donors (Lipinski definition) is 1. The number of piperidine rings is 1. The van der Waals surface area contributed by atoms with Crippen LogP contribution in [0.25, 0.3) is 0 Å². The molecule has 1 unspecified atom stereocenters. The van der Waals surface area contributed by atoms with Crippen molar-refractivity contribution in [2.24, 2.45) is 5.92 Å². The summed E-state index contributed by atoms with van der Waals surface area (Å²) in [7, 11) is 1.57. The molecule has 1 atom stereocenters. The third-order valence-corrected chi connectivity index (χ3v) is 5.30. The number of rotatable bonds is 7. The van der Waals surface area contributed by atoms with Gasteiger partial charge in [-0.3, -0.25) is 9.59 Å². The number of nitrogens with one attached hydrogen (secondary N) is 1. The molecular formula is C23H28N2O4. The van der Waals surface area contributed by atoms with Crippen molar-refractivity contribution < 1.29 is 19.1 Å². The van der Waals surface area contributed by atoms with Crippen LogP contribution in [-0.4, -0.2) is 43.5 Å². The van der Waals surface area contributed by atoms with E-state index in [4.69, 9.17) is 9.47 Å². The Kier molecular flexibility index (Phi) is 7.11. The first kappa shape index (κ1) is 20.7. The summed E-state index contributed by atoms with van der Waals surface area (Å²) in [6.07, 6.45) is 1.32. The summed E-state index contributed by atoms with van der Waals surface area (Å²) in [5, 5.41) is 3.09. The lowest BCUT2D eigenvalue weighted by molar-refractivity contribution is -0.137. The van der Waals surface area contributed by atoms with Gasteiger partial charge >= 0.3 is 0 Å². The molecular weight excluding hydrogens is 368 g/mol. The lowest BCUT2D eigenvalue weighted by atomic mass is 9.95. The van der Waals surface area contributed by atoms with Gasteiger partial charge in [0.1, 0.15) is 0 Å². The number of likely N-dealkylation sites (tertiary alicyclic amines) is 1. The molecule has 0 aliphatic carbocycles. The van der Waals surface area contributed by atoms with Crippen molar-refractivity contribution in [3.8, 4) is 11.5 Å². The van der Waals surface area contributed by atoms with E-state index in [0.717, 1.165) is 5.56 Å². The molecule has 29 heavy (non-hydrogen) atoms. The molecule has 1 heterocycles. The van der Waals surface area contributed by atoms with Gasteiger partial charge < -0.3 is 19.7 Å². The number of benzene rings is 2. The molecule has 154 valence electrons. The summed E-state index contributed by atoms with van der Waals surface area (Å²) >= 11 is 0. The van der Waals surface area contributed by atoms with E-state index in [1.807, 2.05) is 49.4 Å². The van der Waals surface area contributed by atoms with Crippen molar-refractivity contribution in [1.29, 1.82) is 0 Å². The van der Waals surface area contributed by atoms with Gasteiger partial charge in [-0.15, -0.1) is 0 Å². The topological polar surface area (TPSA) is 67.9 Å². The minimum atomic E-state index is -0.0765. The average molecular weight is 396 g/mol. The molecule has 0 bridgehead atoms. The zero-order valence-corrected chi connectivity index (χ0v) is 17.0. The molecule has 1 fully saturated rings. The van der Waals surface area contributed by atoms with Gasteiger partial charge in [-0.05, 0) is 37.5 Å². The van der Waals surface area contributed by atoms with E-state index in [0.29, 0.717) is 37.4 Å². The van der Waals surface area contributed by atoms with Crippen LogP contribution in [0.3, 0.4) is 0 Å². The highest BCUT2D eigenvalue weighted by molar-refractivity contribution is 5.81. The van der Waals surface area contributed by atoms with Crippen molar-refractivity contribution in [2.75, 3.05) is 26.8 Å². The Morgan fingerprint density at radius 1 is 1.03 bits per heavy atom. The first-order valence-electron chi connectivity index (χ1n) is 9.97. The van der Waals surface area contributed by atoms with Crippen LogP contribution in [0.2, 0.25) is 0 Å². The number of carbonyl (C=O) groups excluding carboxylic acids is 2. The van der Waals surface area contributed by atoms with Gasteiger partial charge in [0.25, 0.3) is 5.91 Å². The molecule has 1 N–H and O–H groups in total. The highest BCUT2D eigenvalue weighted by Gasteiger charge is 2.28. The molecule has 2 aromatic rings. The number of hydrogen-bond acceptors (Lipinski definition) is 4. The maximum Gasteiger partial charge on any atom is 0.260 e. The molecule has 2 amide bonds. The van der Waals surface area contributed by atoms with Crippen LogP contribution in [0, 0.1) is 5.92 Å². The van der Waals surface area contributed by atoms with Gasteiger partial charge in [-0.2, -0.15) is 0 Å². The highest BCUT2D eigenvalue weighted by Crippen LogP contribution is 2.26. The summed E-state index contributed by atoms with van der Waals surface area (Å²) < 4.78 is 10.9. The summed E-state index contributed by atoms with van der Waals surface area (Å²) in [6.45, 7) is 3.07. The smallest absolute Gasteiger partial charge is 0.260 e. The lowest BCUT2D eigenvalue weighted by Gasteiger charge is -2.32. The maximum atomic E-state index is 12.6. The monoisotopic (exact) mass is 396 g/mol. The van der Waals surface area contributed by atoms with Gasteiger partial charge in [0.2, 0.25) is 5.91 Å². The van der Waals surface area contributed by atoms with Crippen molar-refractivity contribution in [2.45, 2.75) is 25.8 Å². The fourth-order valence-electron chi connectivity index (χ4n) is 3.52. The number of methoxy groups -OCH3 is 1. The third-order valence-electron chi connectivity index (χ3n) is 5.30. The van der Waals surface area contributed by atoms with E-state index in [9.17, 15) is 9.59 Å². The number of carbonyl (C=O) groups is 2. The van der Waals surface area contributed by atoms with Gasteiger partial charge in [-0.25, -0.2) is 0 Å². The first-order valence-corrected chi connectivity index (χ1v) is 9.97. The van der Waals surface area contributed by atoms with Crippen molar-refractivity contribution in [3.63, 3.8) is 0 Å². The Morgan fingerprint density at radius 2 is 1.66 bits per heavy atom. The minimum absolute atomic E-state index is 0.0300. The van der Waals surface area contributed by atoms with E-state index in [2.05, 4.69) is 5.32 Å². The SMILES string of the molecule is COc1ccccc1OCC(=O)N1CCC(C(=O)NC(C)c2ccccc2)CC1. The molecule has 6 heteroatoms. The summed E-state index contributed by atoms with van der Waals surface area (Å²) in [6, 6.07) is 17.1.